The lowest BCUT2D eigenvalue weighted by atomic mass is 10.0. The molecule has 0 saturated carbocycles. The number of pyridine rings is 1. The van der Waals surface area contributed by atoms with Crippen LogP contribution in [0.25, 0.3) is 0 Å². The van der Waals surface area contributed by atoms with Crippen LogP contribution >= 0.6 is 0 Å². The van der Waals surface area contributed by atoms with E-state index in [0.29, 0.717) is 5.71 Å². The molecule has 0 aliphatic carbocycles. The minimum absolute atomic E-state index is 0.0770. The number of hydrazone groups is 1. The molecule has 128 valence electrons. The Bertz CT molecular complexity index is 898. The van der Waals surface area contributed by atoms with Gasteiger partial charge in [-0.15, -0.1) is 0 Å². The number of non-ortho nitro benzene ring substituents is 1. The number of aromatic nitrogens is 1. The zero-order valence-electron chi connectivity index (χ0n) is 13.6. The molecule has 7 nitrogen and oxygen atoms in total. The molecular weight excluding hydrogens is 332 g/mol. The van der Waals surface area contributed by atoms with Crippen LogP contribution in [0.4, 0.5) is 5.69 Å². The van der Waals surface area contributed by atoms with Crippen LogP contribution in [-0.2, 0) is 0 Å². The van der Waals surface area contributed by atoms with Gasteiger partial charge in [0.1, 0.15) is 0 Å². The highest BCUT2D eigenvalue weighted by Crippen LogP contribution is 2.13. The van der Waals surface area contributed by atoms with Crippen molar-refractivity contribution in [3.05, 3.63) is 106 Å². The summed E-state index contributed by atoms with van der Waals surface area (Å²) in [5.74, 6) is -0.456. The molecule has 1 N–H and O–H groups in total. The predicted molar refractivity (Wildman–Crippen MR) is 96.9 cm³/mol. The smallest absolute Gasteiger partial charge is 0.267 e. The number of carbonyl (C=O) groups is 1. The van der Waals surface area contributed by atoms with Crippen molar-refractivity contribution in [3.8, 4) is 0 Å². The van der Waals surface area contributed by atoms with Crippen LogP contribution in [0.2, 0.25) is 0 Å². The molecule has 26 heavy (non-hydrogen) atoms. The first-order valence-electron chi connectivity index (χ1n) is 7.73. The molecule has 0 radical (unpaired) electrons. The fourth-order valence-corrected chi connectivity index (χ4v) is 2.31. The summed E-state index contributed by atoms with van der Waals surface area (Å²) in [6.45, 7) is 0. The van der Waals surface area contributed by atoms with E-state index in [9.17, 15) is 14.9 Å². The molecule has 0 saturated heterocycles. The zero-order chi connectivity index (χ0) is 18.4. The molecule has 0 atom stereocenters. The Morgan fingerprint density at radius 2 is 1.50 bits per heavy atom. The van der Waals surface area contributed by atoms with Crippen LogP contribution in [0.1, 0.15) is 21.5 Å². The lowest BCUT2D eigenvalue weighted by Crippen LogP contribution is -2.20. The first kappa shape index (κ1) is 17.0. The topological polar surface area (TPSA) is 97.5 Å². The van der Waals surface area contributed by atoms with Gasteiger partial charge in [-0.25, -0.2) is 5.43 Å². The lowest BCUT2D eigenvalue weighted by Gasteiger charge is -2.08. The average Bonchev–Trinajstić information content (AvgIpc) is 2.69. The second-order valence-corrected chi connectivity index (χ2v) is 5.31. The largest absolute Gasteiger partial charge is 0.271 e. The van der Waals surface area contributed by atoms with Gasteiger partial charge in [-0.2, -0.15) is 5.10 Å². The SMILES string of the molecule is O=C(N/N=C(\c1ccccc1)c1ccncc1)c1ccc([N+](=O)[O-])cc1. The lowest BCUT2D eigenvalue weighted by molar-refractivity contribution is -0.384. The molecule has 2 aromatic carbocycles. The summed E-state index contributed by atoms with van der Waals surface area (Å²) in [4.78, 5) is 26.5. The molecule has 1 aromatic heterocycles. The molecule has 1 heterocycles. The second kappa shape index (κ2) is 7.80. The summed E-state index contributed by atoms with van der Waals surface area (Å²) in [6.07, 6.45) is 3.29. The molecule has 0 fully saturated rings. The van der Waals surface area contributed by atoms with Crippen LogP contribution in [0.15, 0.2) is 84.2 Å². The van der Waals surface area contributed by atoms with Crippen LogP contribution in [0.3, 0.4) is 0 Å². The van der Waals surface area contributed by atoms with Crippen molar-refractivity contribution in [2.75, 3.05) is 0 Å². The van der Waals surface area contributed by atoms with E-state index in [1.807, 2.05) is 30.3 Å². The van der Waals surface area contributed by atoms with Crippen LogP contribution in [-0.4, -0.2) is 21.5 Å². The standard InChI is InChI=1S/C19H14N4O3/c24-19(16-6-8-17(9-7-16)23(25)26)22-21-18(14-4-2-1-3-5-14)15-10-12-20-13-11-15/h1-13H,(H,22,24)/b21-18+. The first-order valence-corrected chi connectivity index (χ1v) is 7.73. The van der Waals surface area contributed by atoms with Crippen molar-refractivity contribution in [1.82, 2.24) is 10.4 Å². The number of rotatable bonds is 5. The number of hydrogen-bond acceptors (Lipinski definition) is 5. The Hall–Kier alpha value is -3.87. The molecular formula is C19H14N4O3. The number of nitrogens with one attached hydrogen (secondary N) is 1. The molecule has 0 aliphatic heterocycles. The van der Waals surface area contributed by atoms with E-state index >= 15 is 0 Å². The molecule has 0 unspecified atom stereocenters. The van der Waals surface area contributed by atoms with E-state index in [4.69, 9.17) is 0 Å². The highest BCUT2D eigenvalue weighted by atomic mass is 16.6. The number of hydrogen-bond donors (Lipinski definition) is 1. The number of amides is 1. The highest BCUT2D eigenvalue weighted by molar-refractivity contribution is 6.13. The fourth-order valence-electron chi connectivity index (χ4n) is 2.31. The molecule has 7 heteroatoms. The predicted octanol–water partition coefficient (Wildman–Crippen LogP) is 3.17. The van der Waals surface area contributed by atoms with Crippen molar-refractivity contribution in [1.29, 1.82) is 0 Å². The number of benzene rings is 2. The summed E-state index contributed by atoms with van der Waals surface area (Å²) in [5, 5.41) is 14.9. The number of nitro benzene ring substituents is 1. The van der Waals surface area contributed by atoms with Gasteiger partial charge in [0, 0.05) is 41.2 Å². The molecule has 0 bridgehead atoms. The van der Waals surface area contributed by atoms with Crippen LogP contribution in [0.5, 0.6) is 0 Å². The van der Waals surface area contributed by atoms with Crippen molar-refractivity contribution in [3.63, 3.8) is 0 Å². The van der Waals surface area contributed by atoms with Crippen molar-refractivity contribution in [2.45, 2.75) is 0 Å². The van der Waals surface area contributed by atoms with E-state index in [0.717, 1.165) is 11.1 Å². The van der Waals surface area contributed by atoms with Gasteiger partial charge in [0.2, 0.25) is 0 Å². The van der Waals surface area contributed by atoms with Gasteiger partial charge in [0.05, 0.1) is 10.6 Å². The van der Waals surface area contributed by atoms with Crippen molar-refractivity contribution < 1.29 is 9.72 Å². The van der Waals surface area contributed by atoms with Gasteiger partial charge >= 0.3 is 0 Å². The van der Waals surface area contributed by atoms with Gasteiger partial charge in [0.15, 0.2) is 0 Å². The van der Waals surface area contributed by atoms with Crippen molar-refractivity contribution in [2.24, 2.45) is 5.10 Å². The number of nitro groups is 1. The Labute approximate surface area is 149 Å². The van der Waals surface area contributed by atoms with Gasteiger partial charge in [-0.3, -0.25) is 19.9 Å². The van der Waals surface area contributed by atoms with Gasteiger partial charge in [-0.1, -0.05) is 30.3 Å². The number of nitrogens with zero attached hydrogens (tertiary/aromatic N) is 3. The van der Waals surface area contributed by atoms with Gasteiger partial charge in [0.25, 0.3) is 11.6 Å². The zero-order valence-corrected chi connectivity index (χ0v) is 13.6. The Morgan fingerprint density at radius 3 is 2.12 bits per heavy atom. The maximum absolute atomic E-state index is 12.3. The third-order valence-electron chi connectivity index (χ3n) is 3.61. The fraction of sp³-hybridized carbons (Fsp3) is 0. The Kier molecular flexibility index (Phi) is 5.09. The monoisotopic (exact) mass is 346 g/mol. The summed E-state index contributed by atoms with van der Waals surface area (Å²) in [7, 11) is 0. The van der Waals surface area contributed by atoms with E-state index in [1.165, 1.54) is 24.3 Å². The highest BCUT2D eigenvalue weighted by Gasteiger charge is 2.11. The summed E-state index contributed by atoms with van der Waals surface area (Å²) in [5.41, 5.74) is 4.93. The van der Waals surface area contributed by atoms with Gasteiger partial charge < -0.3 is 0 Å². The van der Waals surface area contributed by atoms with Crippen LogP contribution < -0.4 is 5.43 Å². The minimum Gasteiger partial charge on any atom is -0.267 e. The average molecular weight is 346 g/mol. The van der Waals surface area contributed by atoms with E-state index in [1.54, 1.807) is 24.5 Å². The maximum atomic E-state index is 12.3. The molecule has 3 aromatic rings. The van der Waals surface area contributed by atoms with E-state index in [-0.39, 0.29) is 11.3 Å². The normalized spacial score (nSPS) is 11.0. The van der Waals surface area contributed by atoms with E-state index in [2.05, 4.69) is 15.5 Å². The third-order valence-corrected chi connectivity index (χ3v) is 3.61. The first-order chi connectivity index (χ1) is 12.6. The Morgan fingerprint density at radius 1 is 0.885 bits per heavy atom. The van der Waals surface area contributed by atoms with Crippen molar-refractivity contribution >= 4 is 17.3 Å². The Balaban J connectivity index is 1.86. The molecule has 1 amide bonds. The maximum Gasteiger partial charge on any atom is 0.271 e. The molecule has 3 rings (SSSR count). The summed E-state index contributed by atoms with van der Waals surface area (Å²) >= 11 is 0. The van der Waals surface area contributed by atoms with Crippen LogP contribution in [0, 0.1) is 10.1 Å². The summed E-state index contributed by atoms with van der Waals surface area (Å²) in [6, 6.07) is 18.3. The summed E-state index contributed by atoms with van der Waals surface area (Å²) < 4.78 is 0. The van der Waals surface area contributed by atoms with E-state index < -0.39 is 10.8 Å². The minimum atomic E-state index is -0.517. The van der Waals surface area contributed by atoms with Gasteiger partial charge in [-0.05, 0) is 24.3 Å². The molecule has 0 spiro atoms. The quantitative estimate of drug-likeness (QED) is 0.436. The third kappa shape index (κ3) is 3.96. The number of carbonyl (C=O) groups excluding carboxylic acids is 1. The molecule has 0 aliphatic rings. The second-order valence-electron chi connectivity index (χ2n) is 5.31.